The standard InChI is InChI=1S/C35H42N4/c1-5-12-34-35(4,32-16-11-15-30(21-32)31-19-27(6-2)22-36-23-31)37-17-18-38(34)25-29-20-33(7-3)39(26-29)24-28-13-9-8-10-14-28/h8-16,19,21-23,29,37H,3,5-6,17-18,20,24-26H2,1-2,4H3/b34-12-. The molecule has 0 aliphatic carbocycles. The van der Waals surface area contributed by atoms with Gasteiger partial charge in [0.05, 0.1) is 11.2 Å². The van der Waals surface area contributed by atoms with E-state index in [1.54, 1.807) is 0 Å². The minimum atomic E-state index is -0.250. The summed E-state index contributed by atoms with van der Waals surface area (Å²) < 4.78 is 0. The Morgan fingerprint density at radius 1 is 1.03 bits per heavy atom. The number of hydrogen-bond acceptors (Lipinski definition) is 4. The summed E-state index contributed by atoms with van der Waals surface area (Å²) in [4.78, 5) is 9.61. The zero-order chi connectivity index (χ0) is 27.2. The highest BCUT2D eigenvalue weighted by atomic mass is 15.3. The van der Waals surface area contributed by atoms with E-state index in [0.29, 0.717) is 5.92 Å². The number of allylic oxidation sites excluding steroid dienone is 2. The molecule has 2 fully saturated rings. The van der Waals surface area contributed by atoms with Crippen LogP contribution in [0.5, 0.6) is 0 Å². The zero-order valence-corrected chi connectivity index (χ0v) is 23.8. The number of benzene rings is 2. The summed E-state index contributed by atoms with van der Waals surface area (Å²) in [6.07, 6.45) is 9.41. The van der Waals surface area contributed by atoms with E-state index in [-0.39, 0.29) is 5.54 Å². The van der Waals surface area contributed by atoms with Crippen LogP contribution in [0.2, 0.25) is 0 Å². The van der Waals surface area contributed by atoms with Crippen molar-refractivity contribution in [3.05, 3.63) is 120 Å². The van der Waals surface area contributed by atoms with Gasteiger partial charge in [0.1, 0.15) is 0 Å². The van der Waals surface area contributed by atoms with E-state index in [0.717, 1.165) is 52.0 Å². The normalized spacial score (nSPS) is 22.4. The molecular weight excluding hydrogens is 476 g/mol. The smallest absolute Gasteiger partial charge is 0.0809 e. The minimum absolute atomic E-state index is 0.250. The van der Waals surface area contributed by atoms with E-state index < -0.39 is 0 Å². The molecule has 3 heterocycles. The number of hydrogen-bond donors (Lipinski definition) is 1. The molecule has 4 nitrogen and oxygen atoms in total. The Bertz CT molecular complexity index is 1350. The molecule has 2 aliphatic rings. The van der Waals surface area contributed by atoms with Crippen molar-refractivity contribution in [2.75, 3.05) is 26.2 Å². The topological polar surface area (TPSA) is 31.4 Å². The molecule has 2 atom stereocenters. The second-order valence-electron chi connectivity index (χ2n) is 11.1. The Kier molecular flexibility index (Phi) is 8.35. The number of aromatic nitrogens is 1. The lowest BCUT2D eigenvalue weighted by Crippen LogP contribution is -2.55. The van der Waals surface area contributed by atoms with E-state index in [2.05, 4.69) is 120 Å². The second kappa shape index (κ2) is 12.1. The lowest BCUT2D eigenvalue weighted by Gasteiger charge is -2.46. The Labute approximate surface area is 234 Å². The van der Waals surface area contributed by atoms with Gasteiger partial charge in [-0.3, -0.25) is 4.98 Å². The van der Waals surface area contributed by atoms with Crippen molar-refractivity contribution in [1.29, 1.82) is 0 Å². The highest BCUT2D eigenvalue weighted by molar-refractivity contribution is 5.64. The highest BCUT2D eigenvalue weighted by Gasteiger charge is 2.39. The quantitative estimate of drug-likeness (QED) is 0.328. The largest absolute Gasteiger partial charge is 0.372 e. The van der Waals surface area contributed by atoms with Crippen molar-refractivity contribution in [2.24, 2.45) is 5.92 Å². The van der Waals surface area contributed by atoms with Crippen molar-refractivity contribution in [2.45, 2.75) is 52.1 Å². The molecule has 1 N–H and O–H groups in total. The van der Waals surface area contributed by atoms with Crippen LogP contribution in [0.4, 0.5) is 0 Å². The first kappa shape index (κ1) is 27.0. The van der Waals surface area contributed by atoms with Crippen LogP contribution in [-0.2, 0) is 18.5 Å². The monoisotopic (exact) mass is 518 g/mol. The molecule has 39 heavy (non-hydrogen) atoms. The summed E-state index contributed by atoms with van der Waals surface area (Å²) in [5.74, 6) is 0.551. The molecule has 2 saturated heterocycles. The number of nitrogens with zero attached hydrogens (tertiary/aromatic N) is 3. The maximum absolute atomic E-state index is 4.50. The van der Waals surface area contributed by atoms with E-state index in [1.165, 1.54) is 39.2 Å². The van der Waals surface area contributed by atoms with Crippen LogP contribution in [0.15, 0.2) is 103 Å². The van der Waals surface area contributed by atoms with Crippen molar-refractivity contribution >= 4 is 0 Å². The highest BCUT2D eigenvalue weighted by Crippen LogP contribution is 2.38. The van der Waals surface area contributed by atoms with Crippen LogP contribution in [0.1, 0.15) is 50.3 Å². The summed E-state index contributed by atoms with van der Waals surface area (Å²) in [7, 11) is 0. The molecule has 0 bridgehead atoms. The first-order valence-corrected chi connectivity index (χ1v) is 14.5. The lowest BCUT2D eigenvalue weighted by molar-refractivity contribution is 0.183. The van der Waals surface area contributed by atoms with E-state index in [9.17, 15) is 0 Å². The molecule has 5 rings (SSSR count). The first-order chi connectivity index (χ1) is 19.0. The summed E-state index contributed by atoms with van der Waals surface area (Å²) in [5.41, 5.74) is 11.9. The van der Waals surface area contributed by atoms with Gasteiger partial charge in [0.25, 0.3) is 0 Å². The molecule has 4 heteroatoms. The van der Waals surface area contributed by atoms with Gasteiger partial charge in [-0.15, -0.1) is 5.73 Å². The summed E-state index contributed by atoms with van der Waals surface area (Å²) in [6.45, 7) is 15.8. The molecule has 3 aromatic rings. The molecule has 2 aromatic carbocycles. The summed E-state index contributed by atoms with van der Waals surface area (Å²) in [6, 6.07) is 22.0. The lowest BCUT2D eigenvalue weighted by atomic mass is 9.83. The Morgan fingerprint density at radius 3 is 2.64 bits per heavy atom. The molecule has 202 valence electrons. The van der Waals surface area contributed by atoms with Gasteiger partial charge in [-0.25, -0.2) is 0 Å². The van der Waals surface area contributed by atoms with E-state index in [4.69, 9.17) is 0 Å². The molecule has 0 radical (unpaired) electrons. The van der Waals surface area contributed by atoms with Gasteiger partial charge in [-0.2, -0.15) is 0 Å². The van der Waals surface area contributed by atoms with Gasteiger partial charge >= 0.3 is 0 Å². The van der Waals surface area contributed by atoms with Crippen molar-refractivity contribution < 1.29 is 0 Å². The SMILES string of the molecule is C=C=C1CC(CN2CCNC(C)(c3cccc(-c4cncc(CC)c4)c3)/C2=C/CC)CN1Cc1ccccc1. The maximum atomic E-state index is 4.50. The number of aryl methyl sites for hydroxylation is 1. The molecule has 0 amide bonds. The van der Waals surface area contributed by atoms with Gasteiger partial charge in [-0.05, 0) is 60.1 Å². The van der Waals surface area contributed by atoms with Gasteiger partial charge in [0.2, 0.25) is 0 Å². The van der Waals surface area contributed by atoms with Crippen LogP contribution < -0.4 is 5.32 Å². The van der Waals surface area contributed by atoms with Gasteiger partial charge in [-0.1, -0.05) is 75.0 Å². The predicted octanol–water partition coefficient (Wildman–Crippen LogP) is 6.92. The van der Waals surface area contributed by atoms with Gasteiger partial charge in [0, 0.05) is 62.8 Å². The van der Waals surface area contributed by atoms with Crippen LogP contribution in [-0.4, -0.2) is 41.0 Å². The maximum Gasteiger partial charge on any atom is 0.0809 e. The molecule has 0 saturated carbocycles. The average Bonchev–Trinajstić information content (AvgIpc) is 3.36. The fourth-order valence-corrected chi connectivity index (χ4v) is 6.25. The van der Waals surface area contributed by atoms with Crippen molar-refractivity contribution in [1.82, 2.24) is 20.1 Å². The molecule has 2 unspecified atom stereocenters. The number of nitrogens with one attached hydrogen (secondary N) is 1. The molecule has 0 spiro atoms. The van der Waals surface area contributed by atoms with Crippen LogP contribution in [0, 0.1) is 5.92 Å². The number of likely N-dealkylation sites (tertiary alicyclic amines) is 1. The second-order valence-corrected chi connectivity index (χ2v) is 11.1. The summed E-state index contributed by atoms with van der Waals surface area (Å²) >= 11 is 0. The molecule has 2 aliphatic heterocycles. The van der Waals surface area contributed by atoms with Crippen LogP contribution >= 0.6 is 0 Å². The van der Waals surface area contributed by atoms with E-state index >= 15 is 0 Å². The van der Waals surface area contributed by atoms with E-state index in [1.807, 2.05) is 12.4 Å². The number of pyridine rings is 1. The predicted molar refractivity (Wildman–Crippen MR) is 162 cm³/mol. The first-order valence-electron chi connectivity index (χ1n) is 14.5. The number of rotatable bonds is 8. The fourth-order valence-electron chi connectivity index (χ4n) is 6.25. The minimum Gasteiger partial charge on any atom is -0.372 e. The van der Waals surface area contributed by atoms with Gasteiger partial charge < -0.3 is 15.1 Å². The average molecular weight is 519 g/mol. The Balaban J connectivity index is 1.38. The third-order valence-electron chi connectivity index (χ3n) is 8.33. The van der Waals surface area contributed by atoms with Crippen LogP contribution in [0.25, 0.3) is 11.1 Å². The Morgan fingerprint density at radius 2 is 1.87 bits per heavy atom. The number of piperazine rings is 1. The Hall–Kier alpha value is -3.59. The molecule has 1 aromatic heterocycles. The van der Waals surface area contributed by atoms with Crippen molar-refractivity contribution in [3.8, 4) is 11.1 Å². The fraction of sp³-hybridized carbons (Fsp3) is 0.371. The van der Waals surface area contributed by atoms with Crippen LogP contribution in [0.3, 0.4) is 0 Å². The van der Waals surface area contributed by atoms with Crippen molar-refractivity contribution in [3.63, 3.8) is 0 Å². The third-order valence-corrected chi connectivity index (χ3v) is 8.33. The van der Waals surface area contributed by atoms with Gasteiger partial charge in [0.15, 0.2) is 0 Å². The zero-order valence-electron chi connectivity index (χ0n) is 23.8. The molecular formula is C35H42N4. The third kappa shape index (κ3) is 5.88. The summed E-state index contributed by atoms with van der Waals surface area (Å²) in [5, 5.41) is 3.90.